The molecule has 0 aromatic heterocycles. The van der Waals surface area contributed by atoms with Gasteiger partial charge in [-0.25, -0.2) is 4.39 Å². The molecule has 6 heteroatoms. The predicted octanol–water partition coefficient (Wildman–Crippen LogP) is 0.808. The molecule has 5 nitrogen and oxygen atoms in total. The van der Waals surface area contributed by atoms with Gasteiger partial charge in [-0.2, -0.15) is 0 Å². The van der Waals surface area contributed by atoms with E-state index in [-0.39, 0.29) is 5.56 Å². The summed E-state index contributed by atoms with van der Waals surface area (Å²) in [4.78, 5) is 13.0. The number of likely N-dealkylation sites (N-methyl/N-ethyl adjacent to an activating group) is 1. The van der Waals surface area contributed by atoms with Gasteiger partial charge >= 0.3 is 5.97 Å². The molecule has 0 aliphatic rings. The number of benzene rings is 1. The van der Waals surface area contributed by atoms with Crippen LogP contribution in [0.15, 0.2) is 18.2 Å². The Bertz CT molecular complexity index is 424. The van der Waals surface area contributed by atoms with E-state index in [1.54, 1.807) is 0 Å². The van der Waals surface area contributed by atoms with Gasteiger partial charge in [0.1, 0.15) is 6.04 Å². The summed E-state index contributed by atoms with van der Waals surface area (Å²) in [6.45, 7) is 1.14. The topological polar surface area (TPSA) is 72.8 Å². The summed E-state index contributed by atoms with van der Waals surface area (Å²) < 4.78 is 13.2. The average Bonchev–Trinajstić information content (AvgIpc) is 2.27. The Kier molecular flexibility index (Phi) is 5.06. The number of carboxylic acids is 1. The van der Waals surface area contributed by atoms with Crippen LogP contribution in [0.2, 0.25) is 0 Å². The summed E-state index contributed by atoms with van der Waals surface area (Å²) in [5.74, 6) is -2.40. The van der Waals surface area contributed by atoms with Gasteiger partial charge in [0, 0.05) is 13.1 Å². The van der Waals surface area contributed by atoms with Crippen LogP contribution < -0.4 is 5.32 Å². The van der Waals surface area contributed by atoms with Gasteiger partial charge < -0.3 is 15.1 Å². The minimum atomic E-state index is -1.08. The standard InChI is InChI=1S/C12H17FN2O3/c1-15(2)6-5-14-11(12(17)18)8-3-4-10(16)9(13)7-8/h3-4,7,11,14,16H,5-6H2,1-2H3,(H,17,18). The number of carbonyl (C=O) groups is 1. The number of hydrogen-bond acceptors (Lipinski definition) is 4. The Balaban J connectivity index is 2.78. The van der Waals surface area contributed by atoms with Crippen LogP contribution >= 0.6 is 0 Å². The van der Waals surface area contributed by atoms with E-state index < -0.39 is 23.6 Å². The Morgan fingerprint density at radius 3 is 2.67 bits per heavy atom. The first kappa shape index (κ1) is 14.4. The van der Waals surface area contributed by atoms with Crippen molar-refractivity contribution in [2.75, 3.05) is 27.2 Å². The van der Waals surface area contributed by atoms with Crippen LogP contribution in [0.5, 0.6) is 5.75 Å². The van der Waals surface area contributed by atoms with E-state index >= 15 is 0 Å². The monoisotopic (exact) mass is 256 g/mol. The number of phenols is 1. The Morgan fingerprint density at radius 2 is 2.17 bits per heavy atom. The fourth-order valence-electron chi connectivity index (χ4n) is 1.48. The molecule has 0 saturated carbocycles. The fourth-order valence-corrected chi connectivity index (χ4v) is 1.48. The molecule has 1 rings (SSSR count). The third-order valence-corrected chi connectivity index (χ3v) is 2.46. The quantitative estimate of drug-likeness (QED) is 0.702. The van der Waals surface area contributed by atoms with Crippen molar-refractivity contribution in [2.45, 2.75) is 6.04 Å². The molecule has 3 N–H and O–H groups in total. The average molecular weight is 256 g/mol. The van der Waals surface area contributed by atoms with Crippen molar-refractivity contribution in [1.82, 2.24) is 10.2 Å². The lowest BCUT2D eigenvalue weighted by molar-refractivity contribution is -0.139. The number of hydrogen-bond donors (Lipinski definition) is 3. The molecule has 0 radical (unpaired) electrons. The first-order valence-corrected chi connectivity index (χ1v) is 5.51. The van der Waals surface area contributed by atoms with Crippen LogP contribution in [0.1, 0.15) is 11.6 Å². The van der Waals surface area contributed by atoms with E-state index in [4.69, 9.17) is 10.2 Å². The Hall–Kier alpha value is -1.66. The van der Waals surface area contributed by atoms with Crippen molar-refractivity contribution in [1.29, 1.82) is 0 Å². The molecule has 1 aromatic rings. The number of rotatable bonds is 6. The van der Waals surface area contributed by atoms with Gasteiger partial charge in [-0.15, -0.1) is 0 Å². The Labute approximate surface area is 105 Å². The molecule has 100 valence electrons. The lowest BCUT2D eigenvalue weighted by Crippen LogP contribution is -2.33. The minimum Gasteiger partial charge on any atom is -0.505 e. The minimum absolute atomic E-state index is 0.275. The van der Waals surface area contributed by atoms with Crippen LogP contribution in [0, 0.1) is 5.82 Å². The first-order chi connectivity index (χ1) is 8.41. The lowest BCUT2D eigenvalue weighted by atomic mass is 10.1. The van der Waals surface area contributed by atoms with Crippen LogP contribution in [0.3, 0.4) is 0 Å². The second-order valence-electron chi connectivity index (χ2n) is 4.24. The van der Waals surface area contributed by atoms with Gasteiger partial charge in [-0.3, -0.25) is 10.1 Å². The molecular weight excluding hydrogens is 239 g/mol. The number of aromatic hydroxyl groups is 1. The zero-order valence-corrected chi connectivity index (χ0v) is 10.4. The number of halogens is 1. The maximum absolute atomic E-state index is 13.2. The smallest absolute Gasteiger partial charge is 0.325 e. The second-order valence-corrected chi connectivity index (χ2v) is 4.24. The molecule has 0 amide bonds. The van der Waals surface area contributed by atoms with Crippen LogP contribution in [-0.4, -0.2) is 48.3 Å². The molecule has 0 aliphatic carbocycles. The van der Waals surface area contributed by atoms with Gasteiger partial charge in [0.05, 0.1) is 0 Å². The highest BCUT2D eigenvalue weighted by Gasteiger charge is 2.20. The summed E-state index contributed by atoms with van der Waals surface area (Å²) in [6.07, 6.45) is 0. The molecule has 1 unspecified atom stereocenters. The normalized spacial score (nSPS) is 12.7. The van der Waals surface area contributed by atoms with Crippen LogP contribution in [0.25, 0.3) is 0 Å². The van der Waals surface area contributed by atoms with E-state index in [1.807, 2.05) is 19.0 Å². The molecule has 0 saturated heterocycles. The van der Waals surface area contributed by atoms with Gasteiger partial charge in [0.25, 0.3) is 0 Å². The highest BCUT2D eigenvalue weighted by molar-refractivity contribution is 5.75. The van der Waals surface area contributed by atoms with Crippen molar-refractivity contribution in [2.24, 2.45) is 0 Å². The van der Waals surface area contributed by atoms with Crippen molar-refractivity contribution in [3.8, 4) is 5.75 Å². The van der Waals surface area contributed by atoms with Crippen molar-refractivity contribution in [3.63, 3.8) is 0 Å². The summed E-state index contributed by atoms with van der Waals surface area (Å²) >= 11 is 0. The highest BCUT2D eigenvalue weighted by Crippen LogP contribution is 2.21. The third-order valence-electron chi connectivity index (χ3n) is 2.46. The zero-order valence-electron chi connectivity index (χ0n) is 10.4. The number of phenolic OH excluding ortho intramolecular Hbond substituents is 1. The largest absolute Gasteiger partial charge is 0.505 e. The SMILES string of the molecule is CN(C)CCNC(C(=O)O)c1ccc(O)c(F)c1. The van der Waals surface area contributed by atoms with Gasteiger partial charge in [0.15, 0.2) is 11.6 Å². The van der Waals surface area contributed by atoms with Crippen molar-refractivity contribution < 1.29 is 19.4 Å². The maximum atomic E-state index is 13.2. The number of carboxylic acid groups (broad SMARTS) is 1. The zero-order chi connectivity index (χ0) is 13.7. The molecule has 0 fully saturated rings. The van der Waals surface area contributed by atoms with Crippen LogP contribution in [-0.2, 0) is 4.79 Å². The summed E-state index contributed by atoms with van der Waals surface area (Å²) in [6, 6.07) is 2.57. The van der Waals surface area contributed by atoms with Crippen molar-refractivity contribution >= 4 is 5.97 Å². The van der Waals surface area contributed by atoms with Gasteiger partial charge in [-0.1, -0.05) is 6.07 Å². The van der Waals surface area contributed by atoms with E-state index in [9.17, 15) is 9.18 Å². The second kappa shape index (κ2) is 6.32. The Morgan fingerprint density at radius 1 is 1.50 bits per heavy atom. The van der Waals surface area contributed by atoms with Crippen LogP contribution in [0.4, 0.5) is 4.39 Å². The molecular formula is C12H17FN2O3. The maximum Gasteiger partial charge on any atom is 0.325 e. The van der Waals surface area contributed by atoms with E-state index in [0.29, 0.717) is 13.1 Å². The first-order valence-electron chi connectivity index (χ1n) is 5.51. The van der Waals surface area contributed by atoms with Crippen molar-refractivity contribution in [3.05, 3.63) is 29.6 Å². The lowest BCUT2D eigenvalue weighted by Gasteiger charge is -2.17. The predicted molar refractivity (Wildman–Crippen MR) is 65.0 cm³/mol. The molecule has 0 heterocycles. The third kappa shape index (κ3) is 3.97. The van der Waals surface area contributed by atoms with E-state index in [2.05, 4.69) is 5.32 Å². The molecule has 0 bridgehead atoms. The van der Waals surface area contributed by atoms with Gasteiger partial charge in [0.2, 0.25) is 0 Å². The molecule has 1 atom stereocenters. The molecule has 0 spiro atoms. The van der Waals surface area contributed by atoms with E-state index in [0.717, 1.165) is 12.1 Å². The summed E-state index contributed by atoms with van der Waals surface area (Å²) in [5, 5.41) is 21.0. The molecule has 1 aromatic carbocycles. The number of nitrogens with one attached hydrogen (secondary N) is 1. The number of aliphatic carboxylic acids is 1. The highest BCUT2D eigenvalue weighted by atomic mass is 19.1. The fraction of sp³-hybridized carbons (Fsp3) is 0.417. The van der Waals surface area contributed by atoms with E-state index in [1.165, 1.54) is 6.07 Å². The summed E-state index contributed by atoms with van der Waals surface area (Å²) in [5.41, 5.74) is 0.275. The number of nitrogens with zero attached hydrogens (tertiary/aromatic N) is 1. The molecule has 0 aliphatic heterocycles. The van der Waals surface area contributed by atoms with Gasteiger partial charge in [-0.05, 0) is 31.8 Å². The molecule has 18 heavy (non-hydrogen) atoms. The summed E-state index contributed by atoms with van der Waals surface area (Å²) in [7, 11) is 3.75.